The van der Waals surface area contributed by atoms with E-state index in [1.165, 1.54) is 13.3 Å². The first kappa shape index (κ1) is 18.4. The van der Waals surface area contributed by atoms with Crippen LogP contribution < -0.4 is 10.9 Å². The Balaban J connectivity index is 2.82. The summed E-state index contributed by atoms with van der Waals surface area (Å²) >= 11 is 11.4. The van der Waals surface area contributed by atoms with Crippen molar-refractivity contribution in [1.82, 2.24) is 15.1 Å². The van der Waals surface area contributed by atoms with Crippen LogP contribution in [0.1, 0.15) is 20.3 Å². The highest BCUT2D eigenvalue weighted by molar-refractivity contribution is 6.41. The van der Waals surface area contributed by atoms with Gasteiger partial charge in [0.25, 0.3) is 5.56 Å². The molecule has 0 radical (unpaired) electrons. The summed E-state index contributed by atoms with van der Waals surface area (Å²) in [7, 11) is 1.24. The molecule has 1 aromatic rings. The van der Waals surface area contributed by atoms with E-state index in [1.807, 2.05) is 13.8 Å². The number of halogens is 2. The lowest BCUT2D eigenvalue weighted by molar-refractivity contribution is -0.145. The van der Waals surface area contributed by atoms with E-state index in [2.05, 4.69) is 15.2 Å². The van der Waals surface area contributed by atoms with Gasteiger partial charge in [-0.2, -0.15) is 5.10 Å². The highest BCUT2D eigenvalue weighted by Gasteiger charge is 2.23. The maximum absolute atomic E-state index is 12.0. The van der Waals surface area contributed by atoms with Crippen molar-refractivity contribution < 1.29 is 14.3 Å². The average Bonchev–Trinajstić information content (AvgIpc) is 2.46. The van der Waals surface area contributed by atoms with Crippen LogP contribution in [0.3, 0.4) is 0 Å². The number of esters is 1. The van der Waals surface area contributed by atoms with Gasteiger partial charge in [-0.15, -0.1) is 0 Å². The van der Waals surface area contributed by atoms with Crippen LogP contribution in [-0.2, 0) is 20.9 Å². The first-order valence-corrected chi connectivity index (χ1v) is 7.30. The fourth-order valence-corrected chi connectivity index (χ4v) is 2.03. The maximum Gasteiger partial charge on any atom is 0.328 e. The van der Waals surface area contributed by atoms with Crippen LogP contribution >= 0.6 is 23.2 Å². The molecule has 0 aromatic carbocycles. The molecule has 1 aromatic heterocycles. The Morgan fingerprint density at radius 1 is 1.41 bits per heavy atom. The average molecular weight is 350 g/mol. The van der Waals surface area contributed by atoms with Gasteiger partial charge in [-0.05, 0) is 12.3 Å². The Morgan fingerprint density at radius 3 is 2.59 bits per heavy atom. The number of ether oxygens (including phenoxy) is 1. The third-order valence-corrected chi connectivity index (χ3v) is 3.51. The van der Waals surface area contributed by atoms with Crippen molar-refractivity contribution in [3.05, 3.63) is 26.6 Å². The Kier molecular flexibility index (Phi) is 6.83. The summed E-state index contributed by atoms with van der Waals surface area (Å²) in [5, 5.41) is 6.04. The molecule has 22 heavy (non-hydrogen) atoms. The summed E-state index contributed by atoms with van der Waals surface area (Å²) in [5.74, 6) is -0.921. The van der Waals surface area contributed by atoms with Crippen LogP contribution in [0, 0.1) is 5.92 Å². The van der Waals surface area contributed by atoms with Crippen molar-refractivity contribution in [2.24, 2.45) is 5.92 Å². The molecular weight excluding hydrogens is 333 g/mol. The zero-order chi connectivity index (χ0) is 16.9. The normalized spacial score (nSPS) is 12.1. The number of hydrogen-bond donors (Lipinski definition) is 1. The number of carbonyl (C=O) groups excluding carboxylic acids is 2. The van der Waals surface area contributed by atoms with Gasteiger partial charge in [-0.25, -0.2) is 9.48 Å². The first-order valence-electron chi connectivity index (χ1n) is 6.54. The molecule has 1 rings (SSSR count). The van der Waals surface area contributed by atoms with Crippen molar-refractivity contribution >= 4 is 35.1 Å². The maximum atomic E-state index is 12.0. The molecule has 0 aliphatic heterocycles. The van der Waals surface area contributed by atoms with E-state index in [4.69, 9.17) is 23.2 Å². The third-order valence-electron chi connectivity index (χ3n) is 2.76. The Morgan fingerprint density at radius 2 is 2.05 bits per heavy atom. The Labute approximate surface area is 137 Å². The number of nitrogens with zero attached hydrogens (tertiary/aromatic N) is 2. The highest BCUT2D eigenvalue weighted by Crippen LogP contribution is 2.14. The number of nitrogens with one attached hydrogen (secondary N) is 1. The van der Waals surface area contributed by atoms with Crippen LogP contribution in [0.15, 0.2) is 11.0 Å². The molecule has 1 heterocycles. The van der Waals surface area contributed by atoms with Gasteiger partial charge in [0.2, 0.25) is 5.91 Å². The van der Waals surface area contributed by atoms with Gasteiger partial charge < -0.3 is 10.1 Å². The molecule has 0 aliphatic rings. The lowest BCUT2D eigenvalue weighted by Gasteiger charge is -2.18. The second-order valence-corrected chi connectivity index (χ2v) is 5.83. The molecule has 122 valence electrons. The highest BCUT2D eigenvalue weighted by atomic mass is 35.5. The van der Waals surface area contributed by atoms with E-state index in [0.29, 0.717) is 6.42 Å². The van der Waals surface area contributed by atoms with Crippen molar-refractivity contribution in [2.45, 2.75) is 32.9 Å². The molecule has 0 fully saturated rings. The minimum atomic E-state index is -0.782. The first-order chi connectivity index (χ1) is 10.3. The molecule has 0 unspecified atom stereocenters. The van der Waals surface area contributed by atoms with Crippen molar-refractivity contribution in [2.75, 3.05) is 7.11 Å². The minimum absolute atomic E-state index is 0.00979. The smallest absolute Gasteiger partial charge is 0.328 e. The van der Waals surface area contributed by atoms with Gasteiger partial charge >= 0.3 is 5.97 Å². The molecule has 0 spiro atoms. The zero-order valence-electron chi connectivity index (χ0n) is 12.4. The Hall–Kier alpha value is -1.60. The molecule has 0 aliphatic carbocycles. The van der Waals surface area contributed by atoms with E-state index in [9.17, 15) is 14.4 Å². The topological polar surface area (TPSA) is 90.3 Å². The van der Waals surface area contributed by atoms with E-state index in [0.717, 1.165) is 4.68 Å². The number of carbonyl (C=O) groups is 2. The standard InChI is InChI=1S/C13H17Cl2N3O4/c1-7(2)4-9(13(21)22-3)17-10(19)6-18-12(20)11(15)8(14)5-16-18/h5,7,9H,4,6H2,1-3H3,(H,17,19)/t9-/m0/s1. The minimum Gasteiger partial charge on any atom is -0.467 e. The molecule has 0 saturated heterocycles. The lowest BCUT2D eigenvalue weighted by Crippen LogP contribution is -2.44. The predicted octanol–water partition coefficient (Wildman–Crippen LogP) is 1.25. The van der Waals surface area contributed by atoms with Gasteiger partial charge in [-0.1, -0.05) is 37.0 Å². The van der Waals surface area contributed by atoms with Crippen molar-refractivity contribution in [3.63, 3.8) is 0 Å². The number of methoxy groups -OCH3 is 1. The Bertz CT molecular complexity index is 616. The van der Waals surface area contributed by atoms with E-state index in [-0.39, 0.29) is 22.5 Å². The summed E-state index contributed by atoms with van der Waals surface area (Å²) in [4.78, 5) is 35.4. The third kappa shape index (κ3) is 4.99. The van der Waals surface area contributed by atoms with Gasteiger partial charge in [0.15, 0.2) is 0 Å². The molecule has 1 N–H and O–H groups in total. The van der Waals surface area contributed by atoms with Crippen molar-refractivity contribution in [1.29, 1.82) is 0 Å². The summed E-state index contributed by atoms with van der Waals surface area (Å²) in [6, 6.07) is -0.782. The van der Waals surface area contributed by atoms with Gasteiger partial charge in [0.1, 0.15) is 17.6 Å². The second kappa shape index (κ2) is 8.14. The van der Waals surface area contributed by atoms with Crippen LogP contribution in [-0.4, -0.2) is 34.8 Å². The number of hydrogen-bond acceptors (Lipinski definition) is 5. The van der Waals surface area contributed by atoms with Crippen LogP contribution in [0.5, 0.6) is 0 Å². The summed E-state index contributed by atoms with van der Waals surface area (Å²) in [6.45, 7) is 3.45. The monoisotopic (exact) mass is 349 g/mol. The largest absolute Gasteiger partial charge is 0.467 e. The number of aromatic nitrogens is 2. The number of rotatable bonds is 6. The zero-order valence-corrected chi connectivity index (χ0v) is 13.9. The fraction of sp³-hybridized carbons (Fsp3) is 0.538. The van der Waals surface area contributed by atoms with Gasteiger partial charge in [0, 0.05) is 0 Å². The van der Waals surface area contributed by atoms with Crippen LogP contribution in [0.25, 0.3) is 0 Å². The molecular formula is C13H17Cl2N3O4. The number of amides is 1. The lowest BCUT2D eigenvalue weighted by atomic mass is 10.0. The predicted molar refractivity (Wildman–Crippen MR) is 81.9 cm³/mol. The summed E-state index contributed by atoms with van der Waals surface area (Å²) in [5.41, 5.74) is -0.678. The van der Waals surface area contributed by atoms with Crippen LogP contribution in [0.4, 0.5) is 0 Å². The molecule has 1 atom stereocenters. The van der Waals surface area contributed by atoms with E-state index < -0.39 is 23.5 Å². The van der Waals surface area contributed by atoms with E-state index >= 15 is 0 Å². The van der Waals surface area contributed by atoms with Gasteiger partial charge in [0.05, 0.1) is 18.3 Å². The van der Waals surface area contributed by atoms with Crippen LogP contribution in [0.2, 0.25) is 10.0 Å². The molecule has 7 nitrogen and oxygen atoms in total. The summed E-state index contributed by atoms with van der Waals surface area (Å²) in [6.07, 6.45) is 1.59. The fourth-order valence-electron chi connectivity index (χ4n) is 1.76. The quantitative estimate of drug-likeness (QED) is 0.780. The van der Waals surface area contributed by atoms with Crippen molar-refractivity contribution in [3.8, 4) is 0 Å². The molecule has 9 heteroatoms. The summed E-state index contributed by atoms with van der Waals surface area (Å²) < 4.78 is 5.51. The molecule has 1 amide bonds. The molecule has 0 saturated carbocycles. The second-order valence-electron chi connectivity index (χ2n) is 5.04. The van der Waals surface area contributed by atoms with E-state index in [1.54, 1.807) is 0 Å². The molecule has 0 bridgehead atoms. The van der Waals surface area contributed by atoms with Gasteiger partial charge in [-0.3, -0.25) is 9.59 Å². The SMILES string of the molecule is COC(=O)[C@H](CC(C)C)NC(=O)Cn1ncc(Cl)c(Cl)c1=O.